The van der Waals surface area contributed by atoms with Gasteiger partial charge in [0.1, 0.15) is 6.04 Å². The van der Waals surface area contributed by atoms with E-state index in [2.05, 4.69) is 5.32 Å². The van der Waals surface area contributed by atoms with Gasteiger partial charge in [-0.05, 0) is 38.6 Å². The molecule has 0 radical (unpaired) electrons. The maximum absolute atomic E-state index is 12.7. The number of nitrogens with zero attached hydrogens (tertiary/aromatic N) is 2. The molecule has 21 heavy (non-hydrogen) atoms. The van der Waals surface area contributed by atoms with Gasteiger partial charge < -0.3 is 20.2 Å². The van der Waals surface area contributed by atoms with Crippen molar-refractivity contribution in [3.63, 3.8) is 0 Å². The highest BCUT2D eigenvalue weighted by Crippen LogP contribution is 2.38. The number of carbonyl (C=O) groups excluding carboxylic acids is 1. The molecule has 2 N–H and O–H groups in total. The predicted octanol–water partition coefficient (Wildman–Crippen LogP) is 1.37. The van der Waals surface area contributed by atoms with Gasteiger partial charge in [0.2, 0.25) is 0 Å². The van der Waals surface area contributed by atoms with E-state index in [4.69, 9.17) is 0 Å². The van der Waals surface area contributed by atoms with Crippen LogP contribution in [-0.2, 0) is 4.79 Å². The Labute approximate surface area is 126 Å². The molecule has 2 aliphatic rings. The lowest BCUT2D eigenvalue weighted by Gasteiger charge is -2.48. The van der Waals surface area contributed by atoms with Crippen LogP contribution in [0.1, 0.15) is 38.5 Å². The number of urea groups is 1. The molecule has 1 saturated heterocycles. The standard InChI is InChI=1S/C15H27N3O3/c1-16-9-10-17(2)15(21)18-12-6-4-3-5-11(12)7-8-13(18)14(19)20/h11-13,16H,3-10H2,1-2H3,(H,19,20). The minimum Gasteiger partial charge on any atom is -0.480 e. The fourth-order valence-electron chi connectivity index (χ4n) is 3.72. The SMILES string of the molecule is CNCCN(C)C(=O)N1C(C(=O)O)CCC2CCCCC21. The van der Waals surface area contributed by atoms with E-state index in [-0.39, 0.29) is 12.1 Å². The van der Waals surface area contributed by atoms with E-state index >= 15 is 0 Å². The number of rotatable bonds is 4. The topological polar surface area (TPSA) is 72.9 Å². The van der Waals surface area contributed by atoms with Crippen LogP contribution in [0.15, 0.2) is 0 Å². The molecule has 1 heterocycles. The van der Waals surface area contributed by atoms with Crippen molar-refractivity contribution in [1.82, 2.24) is 15.1 Å². The lowest BCUT2D eigenvalue weighted by molar-refractivity contribution is -0.146. The summed E-state index contributed by atoms with van der Waals surface area (Å²) in [5, 5.41) is 12.5. The highest BCUT2D eigenvalue weighted by molar-refractivity contribution is 5.83. The van der Waals surface area contributed by atoms with Gasteiger partial charge in [-0.25, -0.2) is 9.59 Å². The van der Waals surface area contributed by atoms with Gasteiger partial charge in [0.25, 0.3) is 0 Å². The van der Waals surface area contributed by atoms with Crippen LogP contribution < -0.4 is 5.32 Å². The molecule has 2 amide bonds. The van der Waals surface area contributed by atoms with Crippen LogP contribution in [0.4, 0.5) is 4.79 Å². The lowest BCUT2D eigenvalue weighted by Crippen LogP contribution is -2.60. The Balaban J connectivity index is 2.15. The number of hydrogen-bond acceptors (Lipinski definition) is 3. The van der Waals surface area contributed by atoms with Crippen LogP contribution in [-0.4, -0.2) is 66.2 Å². The van der Waals surface area contributed by atoms with E-state index in [9.17, 15) is 14.7 Å². The first-order valence-electron chi connectivity index (χ1n) is 7.97. The Bertz CT molecular complexity index is 388. The molecule has 1 aliphatic carbocycles. The van der Waals surface area contributed by atoms with E-state index in [1.54, 1.807) is 16.8 Å². The van der Waals surface area contributed by atoms with Crippen LogP contribution in [0.2, 0.25) is 0 Å². The van der Waals surface area contributed by atoms with Crippen LogP contribution in [0.3, 0.4) is 0 Å². The third-order valence-corrected chi connectivity index (χ3v) is 4.90. The first-order chi connectivity index (χ1) is 10.1. The van der Waals surface area contributed by atoms with Crippen LogP contribution >= 0.6 is 0 Å². The van der Waals surface area contributed by atoms with Gasteiger partial charge in [0.15, 0.2) is 0 Å². The maximum atomic E-state index is 12.7. The Morgan fingerprint density at radius 2 is 1.95 bits per heavy atom. The number of hydrogen-bond donors (Lipinski definition) is 2. The molecule has 0 aromatic heterocycles. The van der Waals surface area contributed by atoms with Crippen molar-refractivity contribution in [3.05, 3.63) is 0 Å². The molecular weight excluding hydrogens is 270 g/mol. The molecule has 3 unspecified atom stereocenters. The van der Waals surface area contributed by atoms with Crippen molar-refractivity contribution in [1.29, 1.82) is 0 Å². The summed E-state index contributed by atoms with van der Waals surface area (Å²) in [4.78, 5) is 27.6. The first-order valence-corrected chi connectivity index (χ1v) is 7.97. The number of carboxylic acids is 1. The van der Waals surface area contributed by atoms with Crippen molar-refractivity contribution in [2.45, 2.75) is 50.6 Å². The zero-order valence-corrected chi connectivity index (χ0v) is 13.0. The third-order valence-electron chi connectivity index (χ3n) is 4.90. The molecule has 6 nitrogen and oxygen atoms in total. The maximum Gasteiger partial charge on any atom is 0.326 e. The van der Waals surface area contributed by atoms with E-state index in [0.717, 1.165) is 25.7 Å². The van der Waals surface area contributed by atoms with Gasteiger partial charge in [0.05, 0.1) is 0 Å². The summed E-state index contributed by atoms with van der Waals surface area (Å²) >= 11 is 0. The van der Waals surface area contributed by atoms with E-state index in [1.807, 2.05) is 7.05 Å². The zero-order valence-electron chi connectivity index (χ0n) is 13.0. The summed E-state index contributed by atoms with van der Waals surface area (Å²) in [5.74, 6) is -0.384. The Morgan fingerprint density at radius 1 is 1.24 bits per heavy atom. The van der Waals surface area contributed by atoms with Crippen LogP contribution in [0, 0.1) is 5.92 Å². The van der Waals surface area contributed by atoms with Crippen molar-refractivity contribution in [2.75, 3.05) is 27.2 Å². The second-order valence-corrected chi connectivity index (χ2v) is 6.26. The normalized spacial score (nSPS) is 28.9. The Hall–Kier alpha value is -1.30. The molecule has 2 rings (SSSR count). The van der Waals surface area contributed by atoms with Gasteiger partial charge in [-0.15, -0.1) is 0 Å². The van der Waals surface area contributed by atoms with E-state index in [1.165, 1.54) is 6.42 Å². The second kappa shape index (κ2) is 7.11. The molecule has 0 spiro atoms. The molecule has 6 heteroatoms. The van der Waals surface area contributed by atoms with Gasteiger partial charge in [0, 0.05) is 26.2 Å². The van der Waals surface area contributed by atoms with Gasteiger partial charge in [-0.1, -0.05) is 12.8 Å². The number of likely N-dealkylation sites (N-methyl/N-ethyl adjacent to an activating group) is 2. The fourth-order valence-corrected chi connectivity index (χ4v) is 3.72. The quantitative estimate of drug-likeness (QED) is 0.822. The van der Waals surface area contributed by atoms with Gasteiger partial charge in [-0.2, -0.15) is 0 Å². The molecule has 0 aromatic carbocycles. The number of piperidine rings is 1. The highest BCUT2D eigenvalue weighted by Gasteiger charge is 2.44. The summed E-state index contributed by atoms with van der Waals surface area (Å²) in [7, 11) is 3.60. The smallest absolute Gasteiger partial charge is 0.326 e. The molecule has 1 aliphatic heterocycles. The number of likely N-dealkylation sites (tertiary alicyclic amines) is 1. The largest absolute Gasteiger partial charge is 0.480 e. The minimum atomic E-state index is -0.866. The monoisotopic (exact) mass is 297 g/mol. The van der Waals surface area contributed by atoms with Gasteiger partial charge >= 0.3 is 12.0 Å². The van der Waals surface area contributed by atoms with E-state index < -0.39 is 12.0 Å². The predicted molar refractivity (Wildman–Crippen MR) is 80.2 cm³/mol. The molecule has 0 aromatic rings. The van der Waals surface area contributed by atoms with Crippen LogP contribution in [0.5, 0.6) is 0 Å². The van der Waals surface area contributed by atoms with Crippen molar-refractivity contribution in [3.8, 4) is 0 Å². The molecule has 0 bridgehead atoms. The minimum absolute atomic E-state index is 0.109. The molecule has 1 saturated carbocycles. The van der Waals surface area contributed by atoms with E-state index in [0.29, 0.717) is 25.4 Å². The summed E-state index contributed by atoms with van der Waals surface area (Å²) in [6.45, 7) is 1.30. The summed E-state index contributed by atoms with van der Waals surface area (Å²) < 4.78 is 0. The Kier molecular flexibility index (Phi) is 5.45. The number of amides is 2. The van der Waals surface area contributed by atoms with Crippen molar-refractivity contribution < 1.29 is 14.7 Å². The summed E-state index contributed by atoms with van der Waals surface area (Å²) in [6.07, 6.45) is 5.89. The lowest BCUT2D eigenvalue weighted by atomic mass is 9.76. The molecular formula is C15H27N3O3. The number of aliphatic carboxylic acids is 1. The summed E-state index contributed by atoms with van der Waals surface area (Å²) in [5.41, 5.74) is 0. The summed E-state index contributed by atoms with van der Waals surface area (Å²) in [6, 6.07) is -0.679. The third kappa shape index (κ3) is 3.48. The van der Waals surface area contributed by atoms with Crippen LogP contribution in [0.25, 0.3) is 0 Å². The number of carboxylic acid groups (broad SMARTS) is 1. The molecule has 120 valence electrons. The average molecular weight is 297 g/mol. The number of fused-ring (bicyclic) bond motifs is 1. The van der Waals surface area contributed by atoms with Crippen molar-refractivity contribution in [2.24, 2.45) is 5.92 Å². The zero-order chi connectivity index (χ0) is 15.4. The number of nitrogens with one attached hydrogen (secondary N) is 1. The van der Waals surface area contributed by atoms with Crippen molar-refractivity contribution >= 4 is 12.0 Å². The molecule has 2 fully saturated rings. The second-order valence-electron chi connectivity index (χ2n) is 6.26. The fraction of sp³-hybridized carbons (Fsp3) is 0.867. The highest BCUT2D eigenvalue weighted by atomic mass is 16.4. The Morgan fingerprint density at radius 3 is 2.62 bits per heavy atom. The molecule has 3 atom stereocenters. The number of carbonyl (C=O) groups is 2. The average Bonchev–Trinajstić information content (AvgIpc) is 2.50. The first kappa shape index (κ1) is 16.1. The van der Waals surface area contributed by atoms with Gasteiger partial charge in [-0.3, -0.25) is 0 Å².